The van der Waals surface area contributed by atoms with Crippen LogP contribution in [0.5, 0.6) is 0 Å². The van der Waals surface area contributed by atoms with Crippen molar-refractivity contribution in [2.24, 2.45) is 7.05 Å². The molecule has 0 saturated heterocycles. The zero-order valence-electron chi connectivity index (χ0n) is 7.93. The highest BCUT2D eigenvalue weighted by Crippen LogP contribution is 2.18. The predicted molar refractivity (Wildman–Crippen MR) is 56.5 cm³/mol. The summed E-state index contributed by atoms with van der Waals surface area (Å²) in [5.74, 6) is 0. The van der Waals surface area contributed by atoms with Gasteiger partial charge in [0.1, 0.15) is 0 Å². The standard InChI is InChI=1S/C9H14Cl2N2/c1-3-7(10)4-5-9-8(11)6-12-13(9)2/h6-7H,3-5H2,1-2H3. The van der Waals surface area contributed by atoms with Crippen molar-refractivity contribution >= 4 is 23.2 Å². The lowest BCUT2D eigenvalue weighted by molar-refractivity contribution is 0.658. The Kier molecular flexibility index (Phi) is 4.07. The van der Waals surface area contributed by atoms with Gasteiger partial charge in [-0.25, -0.2) is 0 Å². The first-order valence-electron chi connectivity index (χ1n) is 4.45. The minimum Gasteiger partial charge on any atom is -0.271 e. The second-order valence-corrected chi connectivity index (χ2v) is 4.13. The first kappa shape index (κ1) is 10.9. The molecule has 1 heterocycles. The molecular formula is C9H14Cl2N2. The number of halogens is 2. The molecule has 0 aliphatic carbocycles. The van der Waals surface area contributed by atoms with Crippen LogP contribution in [-0.2, 0) is 13.5 Å². The topological polar surface area (TPSA) is 17.8 Å². The van der Waals surface area contributed by atoms with Crippen LogP contribution in [0.4, 0.5) is 0 Å². The van der Waals surface area contributed by atoms with Crippen LogP contribution in [0.25, 0.3) is 0 Å². The molecule has 74 valence electrons. The minimum absolute atomic E-state index is 0.242. The SMILES string of the molecule is CCC(Cl)CCc1c(Cl)cnn1C. The molecule has 0 saturated carbocycles. The van der Waals surface area contributed by atoms with E-state index in [1.54, 1.807) is 6.20 Å². The molecule has 0 amide bonds. The second-order valence-electron chi connectivity index (χ2n) is 3.11. The summed E-state index contributed by atoms with van der Waals surface area (Å²) in [7, 11) is 1.90. The molecule has 0 N–H and O–H groups in total. The Labute approximate surface area is 88.8 Å². The van der Waals surface area contributed by atoms with Gasteiger partial charge in [-0.1, -0.05) is 18.5 Å². The molecule has 2 nitrogen and oxygen atoms in total. The van der Waals surface area contributed by atoms with Crippen LogP contribution in [0.15, 0.2) is 6.20 Å². The fourth-order valence-corrected chi connectivity index (χ4v) is 1.58. The van der Waals surface area contributed by atoms with Gasteiger partial charge in [-0.3, -0.25) is 4.68 Å². The van der Waals surface area contributed by atoms with Gasteiger partial charge >= 0.3 is 0 Å². The highest BCUT2D eigenvalue weighted by Gasteiger charge is 2.08. The number of aryl methyl sites for hydroxylation is 1. The van der Waals surface area contributed by atoms with Crippen molar-refractivity contribution in [2.45, 2.75) is 31.6 Å². The smallest absolute Gasteiger partial charge is 0.0817 e. The first-order chi connectivity index (χ1) is 6.15. The second kappa shape index (κ2) is 4.87. The average Bonchev–Trinajstić information content (AvgIpc) is 2.43. The van der Waals surface area contributed by atoms with E-state index in [-0.39, 0.29) is 5.38 Å². The molecule has 0 spiro atoms. The zero-order chi connectivity index (χ0) is 9.84. The van der Waals surface area contributed by atoms with Crippen LogP contribution in [0.3, 0.4) is 0 Å². The quantitative estimate of drug-likeness (QED) is 0.714. The lowest BCUT2D eigenvalue weighted by atomic mass is 10.1. The molecule has 0 aromatic carbocycles. The van der Waals surface area contributed by atoms with Crippen molar-refractivity contribution in [1.82, 2.24) is 9.78 Å². The summed E-state index contributed by atoms with van der Waals surface area (Å²) in [5.41, 5.74) is 1.07. The minimum atomic E-state index is 0.242. The largest absolute Gasteiger partial charge is 0.271 e. The van der Waals surface area contributed by atoms with Crippen molar-refractivity contribution in [1.29, 1.82) is 0 Å². The van der Waals surface area contributed by atoms with E-state index >= 15 is 0 Å². The van der Waals surface area contributed by atoms with Crippen molar-refractivity contribution in [3.63, 3.8) is 0 Å². The molecule has 0 bridgehead atoms. The number of nitrogens with zero attached hydrogens (tertiary/aromatic N) is 2. The van der Waals surface area contributed by atoms with E-state index in [1.165, 1.54) is 0 Å². The van der Waals surface area contributed by atoms with Gasteiger partial charge in [0.15, 0.2) is 0 Å². The summed E-state index contributed by atoms with van der Waals surface area (Å²) in [4.78, 5) is 0. The lowest BCUT2D eigenvalue weighted by Crippen LogP contribution is -2.03. The molecule has 1 atom stereocenters. The summed E-state index contributed by atoms with van der Waals surface area (Å²) in [6.07, 6.45) is 4.53. The summed E-state index contributed by atoms with van der Waals surface area (Å²) < 4.78 is 1.81. The lowest BCUT2D eigenvalue weighted by Gasteiger charge is -2.06. The molecule has 0 radical (unpaired) electrons. The van der Waals surface area contributed by atoms with Gasteiger partial charge in [0.05, 0.1) is 16.9 Å². The Morgan fingerprint density at radius 2 is 2.31 bits per heavy atom. The van der Waals surface area contributed by atoms with Crippen LogP contribution in [0.2, 0.25) is 5.02 Å². The van der Waals surface area contributed by atoms with Gasteiger partial charge in [-0.15, -0.1) is 11.6 Å². The van der Waals surface area contributed by atoms with Crippen LogP contribution in [-0.4, -0.2) is 15.2 Å². The van der Waals surface area contributed by atoms with Gasteiger partial charge in [0.25, 0.3) is 0 Å². The third-order valence-electron chi connectivity index (χ3n) is 2.15. The fourth-order valence-electron chi connectivity index (χ4n) is 1.21. The molecule has 1 aromatic heterocycles. The number of hydrogen-bond donors (Lipinski definition) is 0. The van der Waals surface area contributed by atoms with Crippen LogP contribution >= 0.6 is 23.2 Å². The maximum atomic E-state index is 6.01. The Morgan fingerprint density at radius 1 is 1.62 bits per heavy atom. The number of rotatable bonds is 4. The van der Waals surface area contributed by atoms with Gasteiger partial charge in [0.2, 0.25) is 0 Å². The van der Waals surface area contributed by atoms with E-state index < -0.39 is 0 Å². The van der Waals surface area contributed by atoms with Crippen molar-refractivity contribution in [2.75, 3.05) is 0 Å². The van der Waals surface area contributed by atoms with E-state index in [4.69, 9.17) is 23.2 Å². The molecule has 4 heteroatoms. The Morgan fingerprint density at radius 3 is 2.77 bits per heavy atom. The van der Waals surface area contributed by atoms with E-state index in [9.17, 15) is 0 Å². The highest BCUT2D eigenvalue weighted by molar-refractivity contribution is 6.31. The zero-order valence-corrected chi connectivity index (χ0v) is 9.44. The Balaban J connectivity index is 2.53. The van der Waals surface area contributed by atoms with Crippen molar-refractivity contribution in [3.8, 4) is 0 Å². The fraction of sp³-hybridized carbons (Fsp3) is 0.667. The maximum absolute atomic E-state index is 6.01. The normalized spacial score (nSPS) is 13.2. The summed E-state index contributed by atoms with van der Waals surface area (Å²) >= 11 is 12.0. The first-order valence-corrected chi connectivity index (χ1v) is 5.27. The highest BCUT2D eigenvalue weighted by atomic mass is 35.5. The maximum Gasteiger partial charge on any atom is 0.0817 e. The van der Waals surface area contributed by atoms with E-state index in [1.807, 2.05) is 11.7 Å². The predicted octanol–water partition coefficient (Wildman–Crippen LogP) is 3.02. The third-order valence-corrected chi connectivity index (χ3v) is 2.99. The molecule has 0 aliphatic rings. The summed E-state index contributed by atoms with van der Waals surface area (Å²) in [5, 5.41) is 5.04. The van der Waals surface area contributed by atoms with Gasteiger partial charge in [-0.05, 0) is 19.3 Å². The van der Waals surface area contributed by atoms with E-state index in [0.717, 1.165) is 30.0 Å². The molecule has 1 aromatic rings. The molecule has 0 aliphatic heterocycles. The Bertz CT molecular complexity index is 251. The molecule has 1 rings (SSSR count). The third kappa shape index (κ3) is 2.89. The van der Waals surface area contributed by atoms with Gasteiger partial charge in [-0.2, -0.15) is 5.10 Å². The Hall–Kier alpha value is -0.210. The number of alkyl halides is 1. The van der Waals surface area contributed by atoms with Crippen LogP contribution in [0, 0.1) is 0 Å². The van der Waals surface area contributed by atoms with Crippen molar-refractivity contribution < 1.29 is 0 Å². The van der Waals surface area contributed by atoms with E-state index in [2.05, 4.69) is 12.0 Å². The average molecular weight is 221 g/mol. The van der Waals surface area contributed by atoms with Crippen LogP contribution < -0.4 is 0 Å². The van der Waals surface area contributed by atoms with Crippen molar-refractivity contribution in [3.05, 3.63) is 16.9 Å². The summed E-state index contributed by atoms with van der Waals surface area (Å²) in [6, 6.07) is 0. The molecule has 0 fully saturated rings. The number of hydrogen-bond acceptors (Lipinski definition) is 1. The molecular weight excluding hydrogens is 207 g/mol. The van der Waals surface area contributed by atoms with Gasteiger partial charge < -0.3 is 0 Å². The monoisotopic (exact) mass is 220 g/mol. The number of aromatic nitrogens is 2. The summed E-state index contributed by atoms with van der Waals surface area (Å²) in [6.45, 7) is 2.09. The van der Waals surface area contributed by atoms with Crippen LogP contribution in [0.1, 0.15) is 25.5 Å². The van der Waals surface area contributed by atoms with E-state index in [0.29, 0.717) is 0 Å². The molecule has 13 heavy (non-hydrogen) atoms. The van der Waals surface area contributed by atoms with Gasteiger partial charge in [0, 0.05) is 12.4 Å². The molecule has 1 unspecified atom stereocenters.